The lowest BCUT2D eigenvalue weighted by atomic mass is 10.1. The summed E-state index contributed by atoms with van der Waals surface area (Å²) < 4.78 is 18.3. The van der Waals surface area contributed by atoms with Crippen LogP contribution in [0.25, 0.3) is 0 Å². The van der Waals surface area contributed by atoms with Crippen molar-refractivity contribution in [3.8, 4) is 0 Å². The predicted octanol–water partition coefficient (Wildman–Crippen LogP) is 5.21. The Bertz CT molecular complexity index is 662. The third-order valence-corrected chi connectivity index (χ3v) is 5.57. The summed E-state index contributed by atoms with van der Waals surface area (Å²) in [5.74, 6) is 0.883. The Morgan fingerprint density at radius 1 is 0.963 bits per heavy atom. The summed E-state index contributed by atoms with van der Waals surface area (Å²) in [6.07, 6.45) is 3.94. The third-order valence-electron chi connectivity index (χ3n) is 4.47. The minimum absolute atomic E-state index is 0.0607. The van der Waals surface area contributed by atoms with Gasteiger partial charge in [0, 0.05) is 18.6 Å². The van der Waals surface area contributed by atoms with E-state index >= 15 is 0 Å². The zero-order chi connectivity index (χ0) is 18.7. The van der Waals surface area contributed by atoms with Gasteiger partial charge >= 0.3 is 0 Å². The molecule has 144 valence electrons. The van der Waals surface area contributed by atoms with Crippen molar-refractivity contribution in [2.75, 3.05) is 12.4 Å². The zero-order valence-electron chi connectivity index (χ0n) is 15.7. The Kier molecular flexibility index (Phi) is 8.43. The van der Waals surface area contributed by atoms with Crippen LogP contribution < -0.4 is 0 Å². The van der Waals surface area contributed by atoms with E-state index in [1.807, 2.05) is 42.5 Å². The van der Waals surface area contributed by atoms with Crippen molar-refractivity contribution < 1.29 is 14.2 Å². The molecule has 3 rings (SSSR count). The topological polar surface area (TPSA) is 27.7 Å². The standard InChI is InChI=1S/C23H28O3S/c1-2-13-27-23-15-21(25-17-20-11-7-4-8-12-20)14-22(26-23)18-24-16-19-9-5-3-6-10-19/h2-12,21-23H,1,13-18H2. The predicted molar refractivity (Wildman–Crippen MR) is 112 cm³/mol. The molecule has 1 aliphatic rings. The maximum absolute atomic E-state index is 6.22. The third kappa shape index (κ3) is 7.15. The highest BCUT2D eigenvalue weighted by molar-refractivity contribution is 7.99. The van der Waals surface area contributed by atoms with E-state index in [1.54, 1.807) is 11.8 Å². The first kappa shape index (κ1) is 20.2. The van der Waals surface area contributed by atoms with Crippen LogP contribution in [0, 0.1) is 0 Å². The maximum atomic E-state index is 6.22. The largest absolute Gasteiger partial charge is 0.374 e. The van der Waals surface area contributed by atoms with Gasteiger partial charge in [-0.05, 0) is 11.1 Å². The van der Waals surface area contributed by atoms with Crippen molar-refractivity contribution in [2.45, 2.75) is 43.7 Å². The van der Waals surface area contributed by atoms with Crippen LogP contribution in [-0.4, -0.2) is 30.0 Å². The molecular weight excluding hydrogens is 356 g/mol. The van der Waals surface area contributed by atoms with Gasteiger partial charge < -0.3 is 14.2 Å². The van der Waals surface area contributed by atoms with Crippen LogP contribution in [-0.2, 0) is 27.4 Å². The fraction of sp³-hybridized carbons (Fsp3) is 0.391. The van der Waals surface area contributed by atoms with Crippen LogP contribution in [0.2, 0.25) is 0 Å². The van der Waals surface area contributed by atoms with E-state index in [0.29, 0.717) is 19.8 Å². The minimum atomic E-state index is 0.0607. The van der Waals surface area contributed by atoms with Gasteiger partial charge in [-0.15, -0.1) is 18.3 Å². The van der Waals surface area contributed by atoms with Crippen molar-refractivity contribution in [3.05, 3.63) is 84.4 Å². The van der Waals surface area contributed by atoms with Gasteiger partial charge in [-0.3, -0.25) is 0 Å². The van der Waals surface area contributed by atoms with E-state index in [9.17, 15) is 0 Å². The van der Waals surface area contributed by atoms with Gasteiger partial charge in [0.15, 0.2) is 0 Å². The fourth-order valence-corrected chi connectivity index (χ4v) is 4.06. The van der Waals surface area contributed by atoms with Gasteiger partial charge in [-0.25, -0.2) is 0 Å². The Morgan fingerprint density at radius 3 is 2.30 bits per heavy atom. The second-order valence-electron chi connectivity index (χ2n) is 6.70. The second-order valence-corrected chi connectivity index (χ2v) is 7.89. The maximum Gasteiger partial charge on any atom is 0.106 e. The number of hydrogen-bond donors (Lipinski definition) is 0. The van der Waals surface area contributed by atoms with Gasteiger partial charge in [-0.1, -0.05) is 66.7 Å². The second kappa shape index (κ2) is 11.3. The van der Waals surface area contributed by atoms with Crippen molar-refractivity contribution in [1.29, 1.82) is 0 Å². The summed E-state index contributed by atoms with van der Waals surface area (Å²) in [6, 6.07) is 20.6. The lowest BCUT2D eigenvalue weighted by Gasteiger charge is -2.35. The zero-order valence-corrected chi connectivity index (χ0v) is 16.5. The van der Waals surface area contributed by atoms with Crippen molar-refractivity contribution in [2.24, 2.45) is 0 Å². The summed E-state index contributed by atoms with van der Waals surface area (Å²) in [4.78, 5) is 0. The molecule has 2 aromatic carbocycles. The molecule has 0 N–H and O–H groups in total. The molecule has 2 aromatic rings. The highest BCUT2D eigenvalue weighted by Gasteiger charge is 2.30. The number of rotatable bonds is 10. The van der Waals surface area contributed by atoms with Crippen LogP contribution >= 0.6 is 11.8 Å². The first-order chi connectivity index (χ1) is 13.3. The molecule has 0 saturated carbocycles. The number of benzene rings is 2. The van der Waals surface area contributed by atoms with Gasteiger partial charge in [-0.2, -0.15) is 0 Å². The quantitative estimate of drug-likeness (QED) is 0.525. The van der Waals surface area contributed by atoms with Gasteiger partial charge in [0.25, 0.3) is 0 Å². The van der Waals surface area contributed by atoms with Crippen molar-refractivity contribution >= 4 is 11.8 Å². The molecular formula is C23H28O3S. The summed E-state index contributed by atoms with van der Waals surface area (Å²) in [5.41, 5.74) is 2.52. The average Bonchev–Trinajstić information content (AvgIpc) is 2.72. The summed E-state index contributed by atoms with van der Waals surface area (Å²) >= 11 is 1.78. The summed E-state index contributed by atoms with van der Waals surface area (Å²) in [7, 11) is 0. The number of ether oxygens (including phenoxy) is 3. The molecule has 1 aliphatic heterocycles. The van der Waals surface area contributed by atoms with E-state index in [1.165, 1.54) is 11.1 Å². The molecule has 1 heterocycles. The molecule has 0 radical (unpaired) electrons. The van der Waals surface area contributed by atoms with Crippen LogP contribution in [0.4, 0.5) is 0 Å². The van der Waals surface area contributed by atoms with Crippen LogP contribution in [0.1, 0.15) is 24.0 Å². The minimum Gasteiger partial charge on any atom is -0.374 e. The molecule has 1 fully saturated rings. The Hall–Kier alpha value is -1.59. The molecule has 0 spiro atoms. The van der Waals surface area contributed by atoms with Crippen LogP contribution in [0.5, 0.6) is 0 Å². The van der Waals surface area contributed by atoms with Gasteiger partial charge in [0.1, 0.15) is 5.44 Å². The molecule has 0 bridgehead atoms. The molecule has 27 heavy (non-hydrogen) atoms. The fourth-order valence-electron chi connectivity index (χ4n) is 3.13. The molecule has 4 heteroatoms. The molecule has 0 aromatic heterocycles. The SMILES string of the molecule is C=CCSC1CC(OCc2ccccc2)CC(COCc2ccccc2)O1. The Morgan fingerprint density at radius 2 is 1.63 bits per heavy atom. The lowest BCUT2D eigenvalue weighted by Crippen LogP contribution is -2.38. The van der Waals surface area contributed by atoms with Gasteiger partial charge in [0.2, 0.25) is 0 Å². The van der Waals surface area contributed by atoms with Crippen molar-refractivity contribution in [1.82, 2.24) is 0 Å². The highest BCUT2D eigenvalue weighted by atomic mass is 32.2. The normalized spacial score (nSPS) is 22.4. The molecule has 3 nitrogen and oxygen atoms in total. The van der Waals surface area contributed by atoms with Crippen LogP contribution in [0.3, 0.4) is 0 Å². The number of hydrogen-bond acceptors (Lipinski definition) is 4. The molecule has 3 unspecified atom stereocenters. The molecule has 0 amide bonds. The first-order valence-electron chi connectivity index (χ1n) is 9.48. The lowest BCUT2D eigenvalue weighted by molar-refractivity contribution is -0.114. The Balaban J connectivity index is 1.49. The van der Waals surface area contributed by atoms with Crippen molar-refractivity contribution in [3.63, 3.8) is 0 Å². The molecule has 1 saturated heterocycles. The average molecular weight is 385 g/mol. The smallest absolute Gasteiger partial charge is 0.106 e. The van der Waals surface area contributed by atoms with E-state index in [0.717, 1.165) is 18.6 Å². The monoisotopic (exact) mass is 384 g/mol. The first-order valence-corrected chi connectivity index (χ1v) is 10.5. The van der Waals surface area contributed by atoms with Gasteiger partial charge in [0.05, 0.1) is 32.0 Å². The summed E-state index contributed by atoms with van der Waals surface area (Å²) in [5, 5.41) is 0. The van der Waals surface area contributed by atoms with E-state index in [-0.39, 0.29) is 17.6 Å². The molecule has 3 atom stereocenters. The van der Waals surface area contributed by atoms with Crippen LogP contribution in [0.15, 0.2) is 73.3 Å². The summed E-state index contributed by atoms with van der Waals surface area (Å²) in [6.45, 7) is 5.65. The van der Waals surface area contributed by atoms with E-state index < -0.39 is 0 Å². The Labute approximate surface area is 166 Å². The number of thioether (sulfide) groups is 1. The highest BCUT2D eigenvalue weighted by Crippen LogP contribution is 2.30. The van der Waals surface area contributed by atoms with E-state index in [4.69, 9.17) is 14.2 Å². The molecule has 0 aliphatic carbocycles. The van der Waals surface area contributed by atoms with E-state index in [2.05, 4.69) is 30.8 Å².